The molecule has 28 heavy (non-hydrogen) atoms. The molecule has 3 aromatic heterocycles. The van der Waals surface area contributed by atoms with E-state index >= 15 is 0 Å². The number of nitrogens with zero attached hydrogens (tertiary/aromatic N) is 6. The van der Waals surface area contributed by atoms with E-state index < -0.39 is 9.84 Å². The molecule has 0 saturated carbocycles. The summed E-state index contributed by atoms with van der Waals surface area (Å²) in [5, 5.41) is 4.20. The van der Waals surface area contributed by atoms with E-state index in [4.69, 9.17) is 0 Å². The first-order valence-corrected chi connectivity index (χ1v) is 9.96. The molecular formula is C19H14N6O2S. The van der Waals surface area contributed by atoms with Gasteiger partial charge in [-0.1, -0.05) is 30.3 Å². The zero-order chi connectivity index (χ0) is 19.3. The summed E-state index contributed by atoms with van der Waals surface area (Å²) in [6, 6.07) is 15.8. The second kappa shape index (κ2) is 5.96. The van der Waals surface area contributed by atoms with Crippen LogP contribution in [0.4, 0.5) is 0 Å². The largest absolute Gasteiger partial charge is 0.326 e. The lowest BCUT2D eigenvalue weighted by Gasteiger charge is -2.11. The number of hydrogen-bond donors (Lipinski definition) is 0. The predicted octanol–water partition coefficient (Wildman–Crippen LogP) is 2.51. The summed E-state index contributed by atoms with van der Waals surface area (Å²) in [6.07, 6.45) is 2.66. The second-order valence-electron chi connectivity index (χ2n) is 6.24. The minimum atomic E-state index is -3.85. The van der Waals surface area contributed by atoms with Crippen LogP contribution < -0.4 is 0 Å². The highest BCUT2D eigenvalue weighted by atomic mass is 32.2. The second-order valence-corrected chi connectivity index (χ2v) is 8.16. The average Bonchev–Trinajstić information content (AvgIpc) is 3.33. The third-order valence-corrected chi connectivity index (χ3v) is 6.38. The molecule has 0 N–H and O–H groups in total. The smallest absolute Gasteiger partial charge is 0.252 e. The lowest BCUT2D eigenvalue weighted by atomic mass is 10.3. The fourth-order valence-electron chi connectivity index (χ4n) is 3.25. The van der Waals surface area contributed by atoms with Gasteiger partial charge in [0.1, 0.15) is 16.9 Å². The van der Waals surface area contributed by atoms with Crippen LogP contribution in [0, 0.1) is 0 Å². The molecule has 0 aliphatic heterocycles. The van der Waals surface area contributed by atoms with Crippen LogP contribution in [0.25, 0.3) is 28.3 Å². The first kappa shape index (κ1) is 16.6. The van der Waals surface area contributed by atoms with Crippen molar-refractivity contribution in [3.8, 4) is 11.5 Å². The van der Waals surface area contributed by atoms with Crippen LogP contribution in [-0.4, -0.2) is 37.6 Å². The molecule has 8 nitrogen and oxygen atoms in total. The lowest BCUT2D eigenvalue weighted by molar-refractivity contribution is 0.595. The molecule has 0 amide bonds. The minimum absolute atomic E-state index is 0.0232. The van der Waals surface area contributed by atoms with Crippen LogP contribution in [0.3, 0.4) is 0 Å². The zero-order valence-corrected chi connectivity index (χ0v) is 15.6. The van der Waals surface area contributed by atoms with Crippen molar-refractivity contribution in [2.45, 2.75) is 9.79 Å². The summed E-state index contributed by atoms with van der Waals surface area (Å²) in [4.78, 5) is 13.1. The molecule has 138 valence electrons. The van der Waals surface area contributed by atoms with Crippen molar-refractivity contribution in [3.05, 3.63) is 67.1 Å². The Balaban J connectivity index is 1.89. The summed E-state index contributed by atoms with van der Waals surface area (Å²) in [6.45, 7) is 0. The quantitative estimate of drug-likeness (QED) is 0.470. The van der Waals surface area contributed by atoms with E-state index in [1.54, 1.807) is 30.3 Å². The molecular weight excluding hydrogens is 376 g/mol. The number of aromatic nitrogens is 6. The van der Waals surface area contributed by atoms with Crippen molar-refractivity contribution in [1.29, 1.82) is 0 Å². The summed E-state index contributed by atoms with van der Waals surface area (Å²) >= 11 is 0. The van der Waals surface area contributed by atoms with E-state index in [0.717, 1.165) is 11.0 Å². The molecule has 0 fully saturated rings. The number of aryl methyl sites for hydroxylation is 1. The molecule has 2 aromatic carbocycles. The summed E-state index contributed by atoms with van der Waals surface area (Å²) < 4.78 is 30.0. The number of benzene rings is 2. The molecule has 0 aliphatic carbocycles. The van der Waals surface area contributed by atoms with Gasteiger partial charge in [-0.05, 0) is 24.3 Å². The van der Waals surface area contributed by atoms with Gasteiger partial charge in [0, 0.05) is 7.05 Å². The topological polar surface area (TPSA) is 95.0 Å². The average molecular weight is 390 g/mol. The van der Waals surface area contributed by atoms with Gasteiger partial charge in [0.2, 0.25) is 9.84 Å². The maximum Gasteiger partial charge on any atom is 0.252 e. The van der Waals surface area contributed by atoms with Gasteiger partial charge >= 0.3 is 0 Å². The summed E-state index contributed by atoms with van der Waals surface area (Å²) in [7, 11) is -2.01. The van der Waals surface area contributed by atoms with Crippen molar-refractivity contribution in [1.82, 2.24) is 29.1 Å². The van der Waals surface area contributed by atoms with Crippen LogP contribution in [0.15, 0.2) is 76.9 Å². The Bertz CT molecular complexity index is 1440. The van der Waals surface area contributed by atoms with E-state index in [1.807, 2.05) is 35.9 Å². The number of hydrogen-bond acceptors (Lipinski definition) is 6. The van der Waals surface area contributed by atoms with Crippen molar-refractivity contribution in [3.63, 3.8) is 0 Å². The molecule has 0 spiro atoms. The van der Waals surface area contributed by atoms with Crippen molar-refractivity contribution in [2.75, 3.05) is 0 Å². The fourth-order valence-corrected chi connectivity index (χ4v) is 4.64. The van der Waals surface area contributed by atoms with Gasteiger partial charge in [0.05, 0.1) is 22.1 Å². The Labute approximate surface area is 160 Å². The van der Waals surface area contributed by atoms with Crippen LogP contribution in [0.1, 0.15) is 0 Å². The highest BCUT2D eigenvalue weighted by Gasteiger charge is 2.28. The fraction of sp³-hybridized carbons (Fsp3) is 0.0526. The van der Waals surface area contributed by atoms with Gasteiger partial charge < -0.3 is 4.57 Å². The van der Waals surface area contributed by atoms with E-state index in [-0.39, 0.29) is 9.79 Å². The number of imidazole rings is 1. The molecule has 0 radical (unpaired) electrons. The normalized spacial score (nSPS) is 12.0. The number of para-hydroxylation sites is 2. The number of fused-ring (bicyclic) bond motifs is 2. The van der Waals surface area contributed by atoms with Crippen molar-refractivity contribution in [2.24, 2.45) is 7.05 Å². The van der Waals surface area contributed by atoms with Crippen LogP contribution in [0.5, 0.6) is 0 Å². The van der Waals surface area contributed by atoms with Gasteiger partial charge in [0.25, 0.3) is 5.78 Å². The third-order valence-electron chi connectivity index (χ3n) is 4.61. The van der Waals surface area contributed by atoms with Gasteiger partial charge in [-0.15, -0.1) is 0 Å². The molecule has 0 bridgehead atoms. The van der Waals surface area contributed by atoms with Gasteiger partial charge in [-0.3, -0.25) is 0 Å². The van der Waals surface area contributed by atoms with Gasteiger partial charge in [-0.2, -0.15) is 14.6 Å². The first-order chi connectivity index (χ1) is 13.6. The molecule has 0 aliphatic rings. The van der Waals surface area contributed by atoms with Gasteiger partial charge in [0.15, 0.2) is 5.82 Å². The van der Waals surface area contributed by atoms with Crippen LogP contribution in [-0.2, 0) is 16.9 Å². The molecule has 5 rings (SSSR count). The zero-order valence-electron chi connectivity index (χ0n) is 14.8. The van der Waals surface area contributed by atoms with Gasteiger partial charge in [-0.25, -0.2) is 18.4 Å². The maximum atomic E-state index is 13.4. The monoisotopic (exact) mass is 390 g/mol. The maximum absolute atomic E-state index is 13.4. The molecule has 9 heteroatoms. The Hall–Kier alpha value is -3.59. The molecule has 0 atom stereocenters. The summed E-state index contributed by atoms with van der Waals surface area (Å²) in [5.74, 6) is 0.766. The highest BCUT2D eigenvalue weighted by molar-refractivity contribution is 7.91. The van der Waals surface area contributed by atoms with E-state index in [9.17, 15) is 8.42 Å². The number of rotatable bonds is 3. The Morgan fingerprint density at radius 3 is 2.46 bits per heavy atom. The predicted molar refractivity (Wildman–Crippen MR) is 102 cm³/mol. The minimum Gasteiger partial charge on any atom is -0.326 e. The Kier molecular flexibility index (Phi) is 3.53. The third kappa shape index (κ3) is 2.33. The molecule has 0 saturated heterocycles. The summed E-state index contributed by atoms with van der Waals surface area (Å²) in [5.41, 5.74) is 1.96. The highest BCUT2D eigenvalue weighted by Crippen LogP contribution is 2.32. The lowest BCUT2D eigenvalue weighted by Crippen LogP contribution is -2.11. The van der Waals surface area contributed by atoms with E-state index in [1.165, 1.54) is 17.0 Å². The van der Waals surface area contributed by atoms with Crippen LogP contribution in [0.2, 0.25) is 0 Å². The van der Waals surface area contributed by atoms with Crippen molar-refractivity contribution >= 4 is 26.6 Å². The Morgan fingerprint density at radius 2 is 1.68 bits per heavy atom. The number of sulfone groups is 1. The standard InChI is InChI=1S/C19H14N6O2S/c1-24-15-10-6-5-9-14(15)23-18(24)17-16(11-20-19-21-12-22-25(17)19)28(26,27)13-7-3-2-4-8-13/h2-12H,1H3. The molecule has 5 aromatic rings. The molecule has 0 unspecified atom stereocenters. The SMILES string of the molecule is Cn1c(-c2c(S(=O)(=O)c3ccccc3)cnc3ncnn23)nc2ccccc21. The Morgan fingerprint density at radius 1 is 0.929 bits per heavy atom. The van der Waals surface area contributed by atoms with E-state index in [0.29, 0.717) is 17.3 Å². The molecule has 3 heterocycles. The van der Waals surface area contributed by atoms with E-state index in [2.05, 4.69) is 20.1 Å². The van der Waals surface area contributed by atoms with Crippen molar-refractivity contribution < 1.29 is 8.42 Å². The van der Waals surface area contributed by atoms with Crippen LogP contribution >= 0.6 is 0 Å². The first-order valence-electron chi connectivity index (χ1n) is 8.48.